The summed E-state index contributed by atoms with van der Waals surface area (Å²) in [5.41, 5.74) is 0. The van der Waals surface area contributed by atoms with Crippen molar-refractivity contribution in [2.24, 2.45) is 11.8 Å². The number of alkyl carbamates (subject to hydrolysis) is 2. The first-order chi connectivity index (χ1) is 36.0. The molecule has 0 aromatic carbocycles. The maximum absolute atomic E-state index is 11.5. The first-order valence-corrected chi connectivity index (χ1v) is 27.8. The van der Waals surface area contributed by atoms with Crippen LogP contribution in [0.4, 0.5) is 19.2 Å². The molecule has 0 aliphatic carbocycles. The molecule has 0 radical (unpaired) electrons. The highest BCUT2D eigenvalue weighted by Gasteiger charge is 2.18. The van der Waals surface area contributed by atoms with E-state index in [4.69, 9.17) is 23.7 Å². The molecular formula is C54H112N10O13. The fourth-order valence-corrected chi connectivity index (χ4v) is 5.94. The van der Waals surface area contributed by atoms with Crippen molar-refractivity contribution in [3.8, 4) is 0 Å². The third kappa shape index (κ3) is 59.9. The monoisotopic (exact) mass is 1110 g/mol. The first kappa shape index (κ1) is 80.7. The van der Waals surface area contributed by atoms with Crippen LogP contribution in [0.5, 0.6) is 0 Å². The highest BCUT2D eigenvalue weighted by atomic mass is 16.6. The van der Waals surface area contributed by atoms with Gasteiger partial charge in [0.05, 0.1) is 49.8 Å². The van der Waals surface area contributed by atoms with Gasteiger partial charge in [0, 0.05) is 91.1 Å². The van der Waals surface area contributed by atoms with Crippen molar-refractivity contribution in [3.63, 3.8) is 0 Å². The zero-order chi connectivity index (χ0) is 58.7. The van der Waals surface area contributed by atoms with Gasteiger partial charge in [0.15, 0.2) is 0 Å². The Morgan fingerprint density at radius 3 is 0.870 bits per heavy atom. The molecule has 0 spiro atoms. The van der Waals surface area contributed by atoms with E-state index in [0.717, 1.165) is 32.1 Å². The number of hydrogen-bond acceptors (Lipinski definition) is 13. The Balaban J connectivity index is -0.000000299. The van der Waals surface area contributed by atoms with Gasteiger partial charge >= 0.3 is 24.2 Å². The number of rotatable bonds is 36. The topological polar surface area (TPSA) is 303 Å². The standard InChI is InChI=1S/C14H30N4O3.C14H28N2O5.C13H26N2O2.C12H24N2O3.CH4/c1-5-7-15-13(19)17-9-12(21-11(3)4)10-18-14(20)16-8-6-2;1-5-7-19-13(17)15-9-12(21-11(3)4)10-16-14(18)20-8-6-2;1-5-12(16)14-8-11(7-10(3)4)9-15-13(17)6-2;1-5-11(15)13-7-10(17-9(3)4)8-14-12(16)6-2;/h11-12H,5-10H2,1-4H3,(H2,15,17,19)(H2,16,18,20);11-12H,5-10H2,1-4H3,(H,15,17)(H,16,18);10-11H,5-9H2,1-4H3,(H,14,16)(H,15,17);9-10H,5-8H2,1-4H3,(H,13,15)(H,14,16);1H4. The van der Waals surface area contributed by atoms with Gasteiger partial charge in [-0.05, 0) is 85.5 Å². The SMILES string of the molecule is C.CCC(=O)NCC(CNC(=O)CC)CC(C)C.CCC(=O)NCC(CNC(=O)CC)OC(C)C.CCCNC(=O)NCC(CNC(=O)NCCC)OC(C)C.CCCOC(=O)NCC(CNC(=O)OCCC)OC(C)C. The van der Waals surface area contributed by atoms with Crippen molar-refractivity contribution in [1.82, 2.24) is 53.2 Å². The Morgan fingerprint density at radius 2 is 0.623 bits per heavy atom. The molecule has 456 valence electrons. The fraction of sp³-hybridized carbons (Fsp3) is 0.852. The Hall–Kier alpha value is -5.16. The fourth-order valence-electron chi connectivity index (χ4n) is 5.94. The maximum Gasteiger partial charge on any atom is 0.407 e. The van der Waals surface area contributed by atoms with Gasteiger partial charge in [0.2, 0.25) is 23.6 Å². The van der Waals surface area contributed by atoms with Gasteiger partial charge in [-0.15, -0.1) is 0 Å². The summed E-state index contributed by atoms with van der Waals surface area (Å²) < 4.78 is 26.7. The van der Waals surface area contributed by atoms with E-state index in [1.165, 1.54) is 0 Å². The highest BCUT2D eigenvalue weighted by molar-refractivity contribution is 5.77. The molecule has 0 rings (SSSR count). The van der Waals surface area contributed by atoms with E-state index in [9.17, 15) is 38.4 Å². The Morgan fingerprint density at radius 1 is 0.351 bits per heavy atom. The third-order valence-corrected chi connectivity index (χ3v) is 9.59. The summed E-state index contributed by atoms with van der Waals surface area (Å²) in [6, 6.07) is -0.436. The van der Waals surface area contributed by atoms with E-state index in [0.29, 0.717) is 103 Å². The molecule has 0 atom stereocenters. The van der Waals surface area contributed by atoms with E-state index >= 15 is 0 Å². The van der Waals surface area contributed by atoms with E-state index in [-0.39, 0.29) is 92.8 Å². The molecule has 77 heavy (non-hydrogen) atoms. The quantitative estimate of drug-likeness (QED) is 0.0324. The van der Waals surface area contributed by atoms with Crippen LogP contribution in [0.15, 0.2) is 0 Å². The van der Waals surface area contributed by atoms with Crippen molar-refractivity contribution in [1.29, 1.82) is 0 Å². The van der Waals surface area contributed by atoms with Crippen LogP contribution in [0.25, 0.3) is 0 Å². The summed E-state index contributed by atoms with van der Waals surface area (Å²) in [7, 11) is 0. The van der Waals surface area contributed by atoms with Crippen LogP contribution in [-0.2, 0) is 42.9 Å². The van der Waals surface area contributed by atoms with Gasteiger partial charge in [-0.2, -0.15) is 0 Å². The first-order valence-electron chi connectivity index (χ1n) is 27.8. The molecular weight excluding hydrogens is 997 g/mol. The van der Waals surface area contributed by atoms with Gasteiger partial charge in [-0.25, -0.2) is 19.2 Å². The van der Waals surface area contributed by atoms with Crippen LogP contribution >= 0.6 is 0 Å². The minimum atomic E-state index is -0.484. The Labute approximate surface area is 464 Å². The van der Waals surface area contributed by atoms with Gasteiger partial charge in [0.1, 0.15) is 0 Å². The van der Waals surface area contributed by atoms with E-state index in [1.54, 1.807) is 13.8 Å². The molecule has 23 nitrogen and oxygen atoms in total. The van der Waals surface area contributed by atoms with Crippen LogP contribution in [0, 0.1) is 11.8 Å². The van der Waals surface area contributed by atoms with Crippen molar-refractivity contribution in [2.75, 3.05) is 78.7 Å². The lowest BCUT2D eigenvalue weighted by molar-refractivity contribution is -0.123. The number of carbonyl (C=O) groups excluding carboxylic acids is 8. The number of ether oxygens (including phenoxy) is 5. The molecule has 0 aliphatic rings. The van der Waals surface area contributed by atoms with E-state index in [2.05, 4.69) is 67.0 Å². The second kappa shape index (κ2) is 55.6. The van der Waals surface area contributed by atoms with Gasteiger partial charge in [-0.1, -0.05) is 76.7 Å². The lowest BCUT2D eigenvalue weighted by Gasteiger charge is -2.21. The van der Waals surface area contributed by atoms with E-state index < -0.39 is 12.2 Å². The zero-order valence-corrected chi connectivity index (χ0v) is 49.8. The molecule has 0 heterocycles. The van der Waals surface area contributed by atoms with E-state index in [1.807, 2.05) is 83.1 Å². The second-order valence-electron chi connectivity index (χ2n) is 18.9. The molecule has 0 aliphatic heterocycles. The lowest BCUT2D eigenvalue weighted by Crippen LogP contribution is -2.47. The lowest BCUT2D eigenvalue weighted by atomic mass is 9.97. The number of nitrogens with one attached hydrogen (secondary N) is 10. The summed E-state index contributed by atoms with van der Waals surface area (Å²) >= 11 is 0. The summed E-state index contributed by atoms with van der Waals surface area (Å²) in [6.45, 7) is 36.3. The Kier molecular flexibility index (Phi) is 58.3. The van der Waals surface area contributed by atoms with Crippen LogP contribution in [0.3, 0.4) is 0 Å². The van der Waals surface area contributed by atoms with Crippen LogP contribution < -0.4 is 53.2 Å². The largest absolute Gasteiger partial charge is 0.450 e. The van der Waals surface area contributed by atoms with Gasteiger partial charge in [0.25, 0.3) is 0 Å². The van der Waals surface area contributed by atoms with Crippen LogP contribution in [-0.4, -0.2) is 163 Å². The predicted octanol–water partition coefficient (Wildman–Crippen LogP) is 6.42. The average molecular weight is 1110 g/mol. The Bertz CT molecular complexity index is 1310. The van der Waals surface area contributed by atoms with Crippen molar-refractivity contribution in [2.45, 2.75) is 213 Å². The van der Waals surface area contributed by atoms with Crippen molar-refractivity contribution < 1.29 is 62.0 Å². The number of amides is 10. The molecule has 23 heteroatoms. The minimum Gasteiger partial charge on any atom is -0.450 e. The van der Waals surface area contributed by atoms with Gasteiger partial charge < -0.3 is 76.9 Å². The third-order valence-electron chi connectivity index (χ3n) is 9.59. The molecule has 0 saturated heterocycles. The number of hydrogen-bond donors (Lipinski definition) is 10. The summed E-state index contributed by atoms with van der Waals surface area (Å²) in [5, 5.41) is 27.5. The van der Waals surface area contributed by atoms with Crippen LogP contribution in [0.1, 0.15) is 176 Å². The molecule has 0 fully saturated rings. The normalized spacial score (nSPS) is 10.5. The molecule has 10 N–H and O–H groups in total. The number of urea groups is 2. The zero-order valence-electron chi connectivity index (χ0n) is 49.8. The number of carbonyl (C=O) groups is 8. The van der Waals surface area contributed by atoms with Crippen molar-refractivity contribution in [3.05, 3.63) is 0 Å². The summed E-state index contributed by atoms with van der Waals surface area (Å²) in [4.78, 5) is 90.4. The van der Waals surface area contributed by atoms with Crippen molar-refractivity contribution >= 4 is 47.9 Å². The molecule has 10 amide bonds. The smallest absolute Gasteiger partial charge is 0.407 e. The summed E-state index contributed by atoms with van der Waals surface area (Å²) in [6.07, 6.45) is 4.57. The highest BCUT2D eigenvalue weighted by Crippen LogP contribution is 2.10. The van der Waals surface area contributed by atoms with Gasteiger partial charge in [-0.3, -0.25) is 19.2 Å². The molecule has 0 saturated carbocycles. The minimum absolute atomic E-state index is 0. The molecule has 0 aromatic heterocycles. The predicted molar refractivity (Wildman–Crippen MR) is 306 cm³/mol. The average Bonchev–Trinajstić information content (AvgIpc) is 3.38. The maximum atomic E-state index is 11.5. The molecule has 0 unspecified atom stereocenters. The molecule has 0 bridgehead atoms. The summed E-state index contributed by atoms with van der Waals surface area (Å²) in [5.74, 6) is 1.01. The molecule has 0 aromatic rings. The second-order valence-corrected chi connectivity index (χ2v) is 18.9. The van der Waals surface area contributed by atoms with Crippen LogP contribution in [0.2, 0.25) is 0 Å².